The van der Waals surface area contributed by atoms with E-state index in [-0.39, 0.29) is 18.5 Å². The summed E-state index contributed by atoms with van der Waals surface area (Å²) in [6.07, 6.45) is 2.76. The molecule has 0 bridgehead atoms. The molecule has 4 rings (SSSR count). The van der Waals surface area contributed by atoms with Crippen molar-refractivity contribution in [2.75, 3.05) is 11.0 Å². The van der Waals surface area contributed by atoms with Crippen molar-refractivity contribution in [3.63, 3.8) is 0 Å². The van der Waals surface area contributed by atoms with Gasteiger partial charge in [0.1, 0.15) is 0 Å². The maximum atomic E-state index is 13.2. The summed E-state index contributed by atoms with van der Waals surface area (Å²) in [4.78, 5) is 18.0. The molecule has 33 heavy (non-hydrogen) atoms. The molecule has 0 aliphatic rings. The molecular formula is C24H25N5O3S. The molecule has 2 aromatic heterocycles. The summed E-state index contributed by atoms with van der Waals surface area (Å²) in [5.41, 5.74) is 3.94. The van der Waals surface area contributed by atoms with Gasteiger partial charge in [-0.05, 0) is 37.6 Å². The number of hydrogen-bond donors (Lipinski definition) is 2. The van der Waals surface area contributed by atoms with Gasteiger partial charge >= 0.3 is 0 Å². The van der Waals surface area contributed by atoms with Crippen molar-refractivity contribution in [3.8, 4) is 11.3 Å². The number of anilines is 1. The zero-order chi connectivity index (χ0) is 23.6. The third-order valence-electron chi connectivity index (χ3n) is 5.05. The third kappa shape index (κ3) is 5.20. The molecule has 2 N–H and O–H groups in total. The molecule has 8 nitrogen and oxygen atoms in total. The summed E-state index contributed by atoms with van der Waals surface area (Å²) in [5.74, 6) is -0.260. The Hall–Kier alpha value is -3.72. The van der Waals surface area contributed by atoms with Gasteiger partial charge in [0.05, 0.1) is 29.1 Å². The monoisotopic (exact) mass is 463 g/mol. The smallest absolute Gasteiger partial charge is 0.252 e. The van der Waals surface area contributed by atoms with Crippen molar-refractivity contribution in [3.05, 3.63) is 78.0 Å². The van der Waals surface area contributed by atoms with Gasteiger partial charge in [0.2, 0.25) is 10.0 Å². The number of sulfonamides is 1. The Bertz CT molecular complexity index is 1410. The Labute approximate surface area is 192 Å². The number of benzene rings is 2. The van der Waals surface area contributed by atoms with Crippen LogP contribution in [0, 0.1) is 0 Å². The van der Waals surface area contributed by atoms with Crippen LogP contribution in [-0.2, 0) is 16.6 Å². The number of pyridine rings is 1. The van der Waals surface area contributed by atoms with Crippen LogP contribution < -0.4 is 10.0 Å². The minimum absolute atomic E-state index is 0.0852. The lowest BCUT2D eigenvalue weighted by Gasteiger charge is -2.12. The number of carbonyl (C=O) groups is 1. The predicted molar refractivity (Wildman–Crippen MR) is 129 cm³/mol. The van der Waals surface area contributed by atoms with E-state index < -0.39 is 10.0 Å². The van der Waals surface area contributed by atoms with Gasteiger partial charge in [0.25, 0.3) is 5.91 Å². The van der Waals surface area contributed by atoms with E-state index >= 15 is 0 Å². The second kappa shape index (κ2) is 9.03. The number of rotatable bonds is 7. The first-order valence-corrected chi connectivity index (χ1v) is 12.4. The summed E-state index contributed by atoms with van der Waals surface area (Å²) in [6, 6.07) is 18.5. The summed E-state index contributed by atoms with van der Waals surface area (Å²) in [5, 5.41) is 8.05. The molecule has 0 fully saturated rings. The van der Waals surface area contributed by atoms with Crippen LogP contribution in [0.25, 0.3) is 22.3 Å². The SMILES string of the molecule is CC(C)n1ncc2c(C(=O)NCc3cccc(NS(C)(=O)=O)c3)cc(-c3ccccc3)nc21. The summed E-state index contributed by atoms with van der Waals surface area (Å²) in [6.45, 7) is 4.27. The van der Waals surface area contributed by atoms with Crippen LogP contribution >= 0.6 is 0 Å². The lowest BCUT2D eigenvalue weighted by molar-refractivity contribution is 0.0952. The van der Waals surface area contributed by atoms with Crippen molar-refractivity contribution in [1.82, 2.24) is 20.1 Å². The van der Waals surface area contributed by atoms with Crippen LogP contribution in [-0.4, -0.2) is 35.3 Å². The number of nitrogens with zero attached hydrogens (tertiary/aromatic N) is 3. The second-order valence-corrected chi connectivity index (χ2v) is 9.85. The first kappa shape index (κ1) is 22.5. The van der Waals surface area contributed by atoms with Gasteiger partial charge in [-0.25, -0.2) is 18.1 Å². The molecule has 0 saturated carbocycles. The lowest BCUT2D eigenvalue weighted by atomic mass is 10.1. The van der Waals surface area contributed by atoms with E-state index in [1.807, 2.05) is 50.2 Å². The van der Waals surface area contributed by atoms with E-state index in [9.17, 15) is 13.2 Å². The molecule has 0 unspecified atom stereocenters. The minimum Gasteiger partial charge on any atom is -0.348 e. The molecule has 0 aliphatic carbocycles. The Balaban J connectivity index is 1.66. The van der Waals surface area contributed by atoms with E-state index in [1.165, 1.54) is 0 Å². The molecule has 0 spiro atoms. The Morgan fingerprint density at radius 1 is 1.06 bits per heavy atom. The molecule has 170 valence electrons. The fraction of sp³-hybridized carbons (Fsp3) is 0.208. The molecular weight excluding hydrogens is 438 g/mol. The van der Waals surface area contributed by atoms with Gasteiger partial charge in [-0.1, -0.05) is 42.5 Å². The maximum absolute atomic E-state index is 13.2. The van der Waals surface area contributed by atoms with Crippen LogP contribution in [0.4, 0.5) is 5.69 Å². The molecule has 0 atom stereocenters. The fourth-order valence-corrected chi connectivity index (χ4v) is 4.13. The molecule has 0 saturated heterocycles. The fourth-order valence-electron chi connectivity index (χ4n) is 3.58. The van der Waals surface area contributed by atoms with Gasteiger partial charge < -0.3 is 5.32 Å². The van der Waals surface area contributed by atoms with E-state index in [0.717, 1.165) is 17.4 Å². The topological polar surface area (TPSA) is 106 Å². The zero-order valence-electron chi connectivity index (χ0n) is 18.6. The van der Waals surface area contributed by atoms with Crippen LogP contribution in [0.3, 0.4) is 0 Å². The quantitative estimate of drug-likeness (QED) is 0.431. The van der Waals surface area contributed by atoms with E-state index in [0.29, 0.717) is 28.0 Å². The first-order valence-electron chi connectivity index (χ1n) is 10.5. The van der Waals surface area contributed by atoms with Crippen molar-refractivity contribution in [2.24, 2.45) is 0 Å². The number of nitrogens with one attached hydrogen (secondary N) is 2. The summed E-state index contributed by atoms with van der Waals surface area (Å²) >= 11 is 0. The Morgan fingerprint density at radius 2 is 1.82 bits per heavy atom. The highest BCUT2D eigenvalue weighted by molar-refractivity contribution is 7.92. The summed E-state index contributed by atoms with van der Waals surface area (Å²) in [7, 11) is -3.38. The van der Waals surface area contributed by atoms with Crippen LogP contribution in [0.5, 0.6) is 0 Å². The highest BCUT2D eigenvalue weighted by Crippen LogP contribution is 2.26. The predicted octanol–water partition coefficient (Wildman–Crippen LogP) is 3.98. The summed E-state index contributed by atoms with van der Waals surface area (Å²) < 4.78 is 27.2. The third-order valence-corrected chi connectivity index (χ3v) is 5.66. The molecule has 4 aromatic rings. The molecule has 0 aliphatic heterocycles. The highest BCUT2D eigenvalue weighted by Gasteiger charge is 2.18. The number of carbonyl (C=O) groups excluding carboxylic acids is 1. The number of amides is 1. The molecule has 2 aromatic carbocycles. The van der Waals surface area contributed by atoms with Crippen LogP contribution in [0.2, 0.25) is 0 Å². The standard InChI is InChI=1S/C24H25N5O3S/c1-16(2)29-23-21(15-26-29)20(13-22(27-23)18-9-5-4-6-10-18)24(30)25-14-17-8-7-11-19(12-17)28-33(3,31)32/h4-13,15-16,28H,14H2,1-3H3,(H,25,30). The molecule has 0 radical (unpaired) electrons. The van der Waals surface area contributed by atoms with Gasteiger partial charge in [0, 0.05) is 23.8 Å². The van der Waals surface area contributed by atoms with Crippen molar-refractivity contribution >= 4 is 32.7 Å². The van der Waals surface area contributed by atoms with E-state index in [4.69, 9.17) is 4.98 Å². The van der Waals surface area contributed by atoms with Gasteiger partial charge in [-0.15, -0.1) is 0 Å². The molecule has 2 heterocycles. The zero-order valence-corrected chi connectivity index (χ0v) is 19.4. The lowest BCUT2D eigenvalue weighted by Crippen LogP contribution is -2.23. The number of aromatic nitrogens is 3. The van der Waals surface area contributed by atoms with Crippen LogP contribution in [0.15, 0.2) is 66.9 Å². The molecule has 9 heteroatoms. The maximum Gasteiger partial charge on any atom is 0.252 e. The number of hydrogen-bond acceptors (Lipinski definition) is 5. The Morgan fingerprint density at radius 3 is 2.52 bits per heavy atom. The van der Waals surface area contributed by atoms with E-state index in [2.05, 4.69) is 15.1 Å². The van der Waals surface area contributed by atoms with Crippen molar-refractivity contribution in [1.29, 1.82) is 0 Å². The first-order chi connectivity index (χ1) is 15.7. The normalized spacial score (nSPS) is 11.6. The second-order valence-electron chi connectivity index (χ2n) is 8.10. The van der Waals surface area contributed by atoms with E-state index in [1.54, 1.807) is 35.1 Å². The van der Waals surface area contributed by atoms with Gasteiger partial charge in [0.15, 0.2) is 5.65 Å². The highest BCUT2D eigenvalue weighted by atomic mass is 32.2. The van der Waals surface area contributed by atoms with Gasteiger partial charge in [-0.2, -0.15) is 5.10 Å². The van der Waals surface area contributed by atoms with Crippen molar-refractivity contribution < 1.29 is 13.2 Å². The average molecular weight is 464 g/mol. The molecule has 1 amide bonds. The number of fused-ring (bicyclic) bond motifs is 1. The van der Waals surface area contributed by atoms with Crippen LogP contribution in [0.1, 0.15) is 35.8 Å². The van der Waals surface area contributed by atoms with Gasteiger partial charge in [-0.3, -0.25) is 9.52 Å². The van der Waals surface area contributed by atoms with Crippen molar-refractivity contribution in [2.45, 2.75) is 26.4 Å². The largest absolute Gasteiger partial charge is 0.348 e. The Kier molecular flexibility index (Phi) is 6.15. The minimum atomic E-state index is -3.38. The average Bonchev–Trinajstić information content (AvgIpc) is 3.21.